The number of para-hydroxylation sites is 1. The number of aryl methyl sites for hydroxylation is 2. The maximum Gasteiger partial charge on any atom is 0.436 e. The monoisotopic (exact) mass is 375 g/mol. The number of alkyl halides is 3. The molecule has 1 unspecified atom stereocenters. The van der Waals surface area contributed by atoms with Crippen LogP contribution in [0.2, 0.25) is 0 Å². The Hall–Kier alpha value is -2.07. The molecule has 1 aliphatic heterocycles. The Kier molecular flexibility index (Phi) is 4.28. The number of nitrogens with one attached hydrogen (secondary N) is 1. The first kappa shape index (κ1) is 17.7. The van der Waals surface area contributed by atoms with Gasteiger partial charge in [0.15, 0.2) is 5.69 Å². The molecule has 0 radical (unpaired) electrons. The van der Waals surface area contributed by atoms with Crippen molar-refractivity contribution in [2.24, 2.45) is 7.05 Å². The number of nitrogens with zero attached hydrogens (tertiary/aromatic N) is 2. The number of ether oxygens (including phenoxy) is 1. The van der Waals surface area contributed by atoms with Crippen LogP contribution in [0.3, 0.4) is 0 Å². The lowest BCUT2D eigenvalue weighted by atomic mass is 10.0. The molecule has 1 N–H and O–H groups in total. The predicted octanol–water partition coefficient (Wildman–Crippen LogP) is 2.03. The molecule has 0 bridgehead atoms. The first-order valence-electron chi connectivity index (χ1n) is 7.42. The zero-order valence-corrected chi connectivity index (χ0v) is 14.3. The van der Waals surface area contributed by atoms with Gasteiger partial charge >= 0.3 is 6.18 Å². The molecule has 1 aliphatic rings. The van der Waals surface area contributed by atoms with Crippen molar-refractivity contribution in [2.75, 3.05) is 6.61 Å². The van der Waals surface area contributed by atoms with Crippen molar-refractivity contribution in [1.82, 2.24) is 14.5 Å². The van der Waals surface area contributed by atoms with Crippen LogP contribution >= 0.6 is 0 Å². The predicted molar refractivity (Wildman–Crippen MR) is 82.7 cm³/mol. The van der Waals surface area contributed by atoms with E-state index in [1.54, 1.807) is 6.07 Å². The van der Waals surface area contributed by atoms with E-state index in [1.807, 2.05) is 19.1 Å². The highest BCUT2D eigenvalue weighted by atomic mass is 32.2. The molecule has 6 nitrogen and oxygen atoms in total. The molecule has 0 amide bonds. The van der Waals surface area contributed by atoms with Gasteiger partial charge in [-0.15, -0.1) is 0 Å². The van der Waals surface area contributed by atoms with Crippen molar-refractivity contribution >= 4 is 10.0 Å². The fourth-order valence-corrected chi connectivity index (χ4v) is 4.23. The smallest absolute Gasteiger partial charge is 0.436 e. The van der Waals surface area contributed by atoms with Crippen molar-refractivity contribution < 1.29 is 26.3 Å². The van der Waals surface area contributed by atoms with Gasteiger partial charge in [-0.3, -0.25) is 4.68 Å². The average molecular weight is 375 g/mol. The molecular formula is C15H16F3N3O3S. The molecule has 3 rings (SSSR count). The summed E-state index contributed by atoms with van der Waals surface area (Å²) in [5, 5.41) is 3.23. The molecule has 2 aromatic rings. The topological polar surface area (TPSA) is 73.2 Å². The third kappa shape index (κ3) is 3.49. The molecule has 0 aliphatic carbocycles. The molecule has 2 heterocycles. The summed E-state index contributed by atoms with van der Waals surface area (Å²) in [5.41, 5.74) is 0.294. The molecule has 1 atom stereocenters. The third-order valence-corrected chi connectivity index (χ3v) is 5.39. The van der Waals surface area contributed by atoms with Gasteiger partial charge in [0.25, 0.3) is 0 Å². The lowest BCUT2D eigenvalue weighted by molar-refractivity contribution is -0.143. The Morgan fingerprint density at radius 2 is 2.08 bits per heavy atom. The first-order chi connectivity index (χ1) is 11.6. The minimum atomic E-state index is -4.86. The SMILES string of the molecule is Cc1cccc2c1OCC(NS(=O)(=O)c1cn(C)nc1C(F)(F)F)C2. The maximum absolute atomic E-state index is 13.0. The van der Waals surface area contributed by atoms with Crippen molar-refractivity contribution in [2.45, 2.75) is 30.5 Å². The zero-order chi connectivity index (χ0) is 18.4. The van der Waals surface area contributed by atoms with Crippen LogP contribution in [0, 0.1) is 6.92 Å². The molecule has 25 heavy (non-hydrogen) atoms. The van der Waals surface area contributed by atoms with E-state index in [-0.39, 0.29) is 6.61 Å². The Bertz CT molecular complexity index is 906. The van der Waals surface area contributed by atoms with Crippen molar-refractivity contribution in [1.29, 1.82) is 0 Å². The summed E-state index contributed by atoms with van der Waals surface area (Å²) >= 11 is 0. The van der Waals surface area contributed by atoms with E-state index in [9.17, 15) is 21.6 Å². The number of hydrogen-bond donors (Lipinski definition) is 1. The van der Waals surface area contributed by atoms with Crippen LogP contribution in [0.25, 0.3) is 0 Å². The largest absolute Gasteiger partial charge is 0.491 e. The Labute approximate surface area is 142 Å². The third-order valence-electron chi connectivity index (χ3n) is 3.86. The quantitative estimate of drug-likeness (QED) is 0.891. The standard InChI is InChI=1S/C15H16F3N3O3S/c1-9-4-3-5-10-6-11(8-24-13(9)10)20-25(22,23)12-7-21(2)19-14(12)15(16,17)18/h3-5,7,11,20H,6,8H2,1-2H3. The minimum Gasteiger partial charge on any atom is -0.491 e. The lowest BCUT2D eigenvalue weighted by Crippen LogP contribution is -2.43. The molecule has 0 spiro atoms. The summed E-state index contributed by atoms with van der Waals surface area (Å²) in [4.78, 5) is -0.891. The Morgan fingerprint density at radius 3 is 2.76 bits per heavy atom. The number of sulfonamides is 1. The van der Waals surface area contributed by atoms with E-state index < -0.39 is 32.8 Å². The number of fused-ring (bicyclic) bond motifs is 1. The Morgan fingerprint density at radius 1 is 1.36 bits per heavy atom. The van der Waals surface area contributed by atoms with Crippen LogP contribution < -0.4 is 9.46 Å². The number of aromatic nitrogens is 2. The van der Waals surface area contributed by atoms with Gasteiger partial charge < -0.3 is 4.74 Å². The van der Waals surface area contributed by atoms with Gasteiger partial charge in [0.05, 0.1) is 6.04 Å². The summed E-state index contributed by atoms with van der Waals surface area (Å²) in [6.07, 6.45) is -3.69. The number of benzene rings is 1. The van der Waals surface area contributed by atoms with Gasteiger partial charge in [0.1, 0.15) is 17.3 Å². The minimum absolute atomic E-state index is 0.0404. The normalized spacial score (nSPS) is 17.9. The van der Waals surface area contributed by atoms with Crippen LogP contribution in [-0.4, -0.2) is 30.8 Å². The number of rotatable bonds is 3. The second kappa shape index (κ2) is 6.03. The lowest BCUT2D eigenvalue weighted by Gasteiger charge is -2.27. The van der Waals surface area contributed by atoms with Crippen molar-refractivity contribution in [3.63, 3.8) is 0 Å². The first-order valence-corrected chi connectivity index (χ1v) is 8.90. The summed E-state index contributed by atoms with van der Waals surface area (Å²) in [6.45, 7) is 1.91. The maximum atomic E-state index is 13.0. The van der Waals surface area contributed by atoms with Gasteiger partial charge in [-0.1, -0.05) is 18.2 Å². The highest BCUT2D eigenvalue weighted by Crippen LogP contribution is 2.33. The van der Waals surface area contributed by atoms with Crippen molar-refractivity contribution in [3.05, 3.63) is 41.2 Å². The number of halogens is 3. The van der Waals surface area contributed by atoms with E-state index in [0.29, 0.717) is 12.2 Å². The van der Waals surface area contributed by atoms with Crippen LogP contribution in [0.5, 0.6) is 5.75 Å². The van der Waals surface area contributed by atoms with Crippen LogP contribution in [0.4, 0.5) is 13.2 Å². The molecular weight excluding hydrogens is 359 g/mol. The van der Waals surface area contributed by atoms with Gasteiger partial charge in [-0.2, -0.15) is 18.3 Å². The Balaban J connectivity index is 1.86. The van der Waals surface area contributed by atoms with Gasteiger partial charge in [0, 0.05) is 13.2 Å². The van der Waals surface area contributed by atoms with Crippen LogP contribution in [0.15, 0.2) is 29.3 Å². The molecule has 10 heteroatoms. The molecule has 136 valence electrons. The number of hydrogen-bond acceptors (Lipinski definition) is 4. The summed E-state index contributed by atoms with van der Waals surface area (Å²) < 4.78 is 72.6. The fourth-order valence-electron chi connectivity index (χ4n) is 2.81. The highest BCUT2D eigenvalue weighted by molar-refractivity contribution is 7.89. The van der Waals surface area contributed by atoms with E-state index in [2.05, 4.69) is 9.82 Å². The van der Waals surface area contributed by atoms with E-state index in [1.165, 1.54) is 7.05 Å². The van der Waals surface area contributed by atoms with E-state index in [0.717, 1.165) is 22.0 Å². The molecule has 0 saturated heterocycles. The molecule has 0 fully saturated rings. The van der Waals surface area contributed by atoms with Crippen LogP contribution in [-0.2, 0) is 29.7 Å². The summed E-state index contributed by atoms with van der Waals surface area (Å²) in [6, 6.07) is 4.82. The second-order valence-corrected chi connectivity index (χ2v) is 7.59. The zero-order valence-electron chi connectivity index (χ0n) is 13.5. The van der Waals surface area contributed by atoms with E-state index in [4.69, 9.17) is 4.74 Å². The van der Waals surface area contributed by atoms with Gasteiger partial charge in [-0.05, 0) is 24.5 Å². The molecule has 1 aromatic heterocycles. The van der Waals surface area contributed by atoms with E-state index >= 15 is 0 Å². The molecule has 1 aromatic carbocycles. The average Bonchev–Trinajstić information content (AvgIpc) is 2.90. The second-order valence-electron chi connectivity index (χ2n) is 5.91. The van der Waals surface area contributed by atoms with Crippen LogP contribution in [0.1, 0.15) is 16.8 Å². The molecule has 0 saturated carbocycles. The fraction of sp³-hybridized carbons (Fsp3) is 0.400. The summed E-state index contributed by atoms with van der Waals surface area (Å²) in [7, 11) is -3.17. The highest BCUT2D eigenvalue weighted by Gasteiger charge is 2.41. The summed E-state index contributed by atoms with van der Waals surface area (Å²) in [5.74, 6) is 0.690. The van der Waals surface area contributed by atoms with Crippen molar-refractivity contribution in [3.8, 4) is 5.75 Å². The van der Waals surface area contributed by atoms with Gasteiger partial charge in [-0.25, -0.2) is 13.1 Å². The van der Waals surface area contributed by atoms with Gasteiger partial charge in [0.2, 0.25) is 10.0 Å².